The van der Waals surface area contributed by atoms with E-state index in [4.69, 9.17) is 9.47 Å². The van der Waals surface area contributed by atoms with Gasteiger partial charge in [-0.25, -0.2) is 0 Å². The van der Waals surface area contributed by atoms with Crippen molar-refractivity contribution in [2.45, 2.75) is 41.9 Å². The fourth-order valence-corrected chi connectivity index (χ4v) is 7.28. The van der Waals surface area contributed by atoms with Gasteiger partial charge in [-0.05, 0) is 32.4 Å². The van der Waals surface area contributed by atoms with E-state index in [9.17, 15) is 48.5 Å². The maximum Gasteiger partial charge on any atom is 0.308 e. The monoisotopic (exact) mass is 671 g/mol. The van der Waals surface area contributed by atoms with E-state index in [0.717, 1.165) is 18.2 Å². The first-order valence-corrected chi connectivity index (χ1v) is 17.5. The maximum absolute atomic E-state index is 13.0. The van der Waals surface area contributed by atoms with Gasteiger partial charge in [-0.15, -0.1) is 0 Å². The fourth-order valence-electron chi connectivity index (χ4n) is 5.07. The van der Waals surface area contributed by atoms with E-state index in [2.05, 4.69) is 0 Å². The topological polar surface area (TPSA) is 219 Å². The fraction of sp³-hybridized carbons (Fsp3) is 0.333. The van der Waals surface area contributed by atoms with Crippen LogP contribution in [0.3, 0.4) is 0 Å². The second-order valence-electron chi connectivity index (χ2n) is 9.95. The van der Waals surface area contributed by atoms with Crippen LogP contribution in [0.5, 0.6) is 5.75 Å². The predicted molar refractivity (Wildman–Crippen MR) is 158 cm³/mol. The van der Waals surface area contributed by atoms with Crippen molar-refractivity contribution < 1.29 is 58.0 Å². The summed E-state index contributed by atoms with van der Waals surface area (Å²) < 4.78 is 114. The van der Waals surface area contributed by atoms with Gasteiger partial charge < -0.3 is 14.4 Å². The van der Waals surface area contributed by atoms with E-state index in [1.807, 2.05) is 0 Å². The number of benzene rings is 4. The summed E-state index contributed by atoms with van der Waals surface area (Å²) in [5.41, 5.74) is 0. The van der Waals surface area contributed by atoms with E-state index >= 15 is 0 Å². The summed E-state index contributed by atoms with van der Waals surface area (Å²) in [6, 6.07) is 6.37. The Bertz CT molecular complexity index is 2060. The van der Waals surface area contributed by atoms with Crippen LogP contribution in [0.4, 0.5) is 0 Å². The molecule has 1 unspecified atom stereocenters. The van der Waals surface area contributed by atoms with E-state index in [0.29, 0.717) is 12.5 Å². The largest absolute Gasteiger partial charge is 0.483 e. The number of hydrogen-bond acceptors (Lipinski definition) is 10. The Hall–Kier alpha value is -3.61. The molecule has 14 nitrogen and oxygen atoms in total. The lowest BCUT2D eigenvalue weighted by molar-refractivity contribution is -0.148. The molecule has 0 heterocycles. The van der Waals surface area contributed by atoms with E-state index in [-0.39, 0.29) is 57.8 Å². The predicted octanol–water partition coefficient (Wildman–Crippen LogP) is 3.14. The van der Waals surface area contributed by atoms with Crippen LogP contribution in [0.15, 0.2) is 51.1 Å². The van der Waals surface area contributed by atoms with Gasteiger partial charge in [0.25, 0.3) is 36.3 Å². The Morgan fingerprint density at radius 2 is 1.23 bits per heavy atom. The minimum absolute atomic E-state index is 0.0800. The summed E-state index contributed by atoms with van der Waals surface area (Å²) in [6.45, 7) is 5.09. The van der Waals surface area contributed by atoms with Gasteiger partial charge in [0, 0.05) is 51.5 Å². The van der Waals surface area contributed by atoms with Crippen molar-refractivity contribution in [1.29, 1.82) is 0 Å². The van der Waals surface area contributed by atoms with Gasteiger partial charge in [0.05, 0.1) is 12.5 Å². The lowest BCUT2D eigenvalue weighted by Crippen LogP contribution is -2.36. The van der Waals surface area contributed by atoms with Crippen LogP contribution in [-0.4, -0.2) is 82.0 Å². The number of ether oxygens (including phenoxy) is 2. The molecular weight excluding hydrogens is 642 g/mol. The zero-order valence-electron chi connectivity index (χ0n) is 23.7. The molecule has 4 aromatic carbocycles. The number of rotatable bonds is 12. The molecule has 0 saturated carbocycles. The van der Waals surface area contributed by atoms with Crippen LogP contribution >= 0.6 is 0 Å². The number of likely N-dealkylation sites (N-methyl/N-ethyl adjacent to an activating group) is 1. The first-order valence-electron chi connectivity index (χ1n) is 13.2. The minimum atomic E-state index is -5.07. The third-order valence-corrected chi connectivity index (χ3v) is 9.87. The molecule has 0 aliphatic rings. The second-order valence-corrected chi connectivity index (χ2v) is 14.1. The van der Waals surface area contributed by atoms with Crippen molar-refractivity contribution in [3.8, 4) is 5.75 Å². The quantitative estimate of drug-likeness (QED) is 0.112. The zero-order chi connectivity index (χ0) is 32.8. The van der Waals surface area contributed by atoms with Crippen LogP contribution in [0, 0.1) is 5.92 Å². The molecule has 0 spiro atoms. The number of amides is 1. The summed E-state index contributed by atoms with van der Waals surface area (Å²) in [5.74, 6) is -1.64. The van der Waals surface area contributed by atoms with Gasteiger partial charge in [0.1, 0.15) is 20.4 Å². The Morgan fingerprint density at radius 3 is 1.68 bits per heavy atom. The van der Waals surface area contributed by atoms with Gasteiger partial charge >= 0.3 is 5.97 Å². The van der Waals surface area contributed by atoms with Gasteiger partial charge in [-0.2, -0.15) is 25.3 Å². The first-order chi connectivity index (χ1) is 20.4. The summed E-state index contributed by atoms with van der Waals surface area (Å²) in [4.78, 5) is 24.0. The molecule has 0 bridgehead atoms. The molecule has 0 aliphatic heterocycles. The van der Waals surface area contributed by atoms with E-state index < -0.39 is 69.4 Å². The minimum Gasteiger partial charge on any atom is -0.483 e. The van der Waals surface area contributed by atoms with Crippen molar-refractivity contribution in [2.75, 3.05) is 26.3 Å². The summed E-state index contributed by atoms with van der Waals surface area (Å²) >= 11 is 0. The van der Waals surface area contributed by atoms with Gasteiger partial charge in [-0.1, -0.05) is 25.1 Å². The number of hydrogen-bond donors (Lipinski definition) is 3. The standard InChI is InChI=1S/C27H29NO13S3/c1-4-28(11-10-15(3)27(30)40-5-2)24(29)14-41-20-12-21(42(31,32)33)17-8-9-19-23(44(37,38)39)13-22(43(34,35)36)18-7-6-16(20)25(17)26(18)19/h6-9,12-13,15H,4-5,10-11,14H2,1-3H3,(H,31,32,33)(H,34,35,36)(H,37,38,39). The van der Waals surface area contributed by atoms with Crippen LogP contribution in [0.2, 0.25) is 0 Å². The van der Waals surface area contributed by atoms with Gasteiger partial charge in [0.2, 0.25) is 0 Å². The summed E-state index contributed by atoms with van der Waals surface area (Å²) in [5, 5.41) is -0.732. The van der Waals surface area contributed by atoms with Crippen molar-refractivity contribution >= 4 is 74.5 Å². The van der Waals surface area contributed by atoms with Crippen molar-refractivity contribution in [3.63, 3.8) is 0 Å². The van der Waals surface area contributed by atoms with Gasteiger partial charge in [-0.3, -0.25) is 23.2 Å². The first kappa shape index (κ1) is 33.3. The molecular formula is C27H29NO13S3. The smallest absolute Gasteiger partial charge is 0.308 e. The molecule has 0 saturated heterocycles. The average Bonchev–Trinajstić information content (AvgIpc) is 2.92. The molecule has 0 aromatic heterocycles. The Morgan fingerprint density at radius 1 is 0.773 bits per heavy atom. The number of esters is 1. The van der Waals surface area contributed by atoms with Crippen molar-refractivity contribution in [2.24, 2.45) is 5.92 Å². The molecule has 4 aromatic rings. The van der Waals surface area contributed by atoms with Crippen LogP contribution in [0.25, 0.3) is 32.3 Å². The van der Waals surface area contributed by atoms with E-state index in [1.165, 1.54) is 17.0 Å². The highest BCUT2D eigenvalue weighted by molar-refractivity contribution is 7.87. The molecule has 4 rings (SSSR count). The summed E-state index contributed by atoms with van der Waals surface area (Å²) in [7, 11) is -15.1. The average molecular weight is 672 g/mol. The lowest BCUT2D eigenvalue weighted by atomic mass is 9.93. The van der Waals surface area contributed by atoms with Crippen molar-refractivity contribution in [1.82, 2.24) is 4.90 Å². The third-order valence-electron chi connectivity index (χ3n) is 7.19. The molecule has 1 amide bonds. The number of nitrogens with zero attached hydrogens (tertiary/aromatic N) is 1. The highest BCUT2D eigenvalue weighted by Crippen LogP contribution is 2.45. The molecule has 0 aliphatic carbocycles. The normalized spacial score (nSPS) is 13.4. The van der Waals surface area contributed by atoms with Gasteiger partial charge in [0.15, 0.2) is 6.61 Å². The molecule has 44 heavy (non-hydrogen) atoms. The molecule has 0 radical (unpaired) electrons. The maximum atomic E-state index is 13.0. The Kier molecular flexibility index (Phi) is 9.12. The zero-order valence-corrected chi connectivity index (χ0v) is 26.1. The molecule has 3 N–H and O–H groups in total. The lowest BCUT2D eigenvalue weighted by Gasteiger charge is -2.23. The highest BCUT2D eigenvalue weighted by Gasteiger charge is 2.28. The molecule has 1 atom stereocenters. The molecule has 0 fully saturated rings. The SMILES string of the molecule is CCOC(=O)C(C)CCN(CC)C(=O)COc1cc(S(=O)(=O)O)c2ccc3c(S(=O)(=O)O)cc(S(=O)(=O)O)c4ccc1c2c43. The van der Waals surface area contributed by atoms with Crippen LogP contribution in [-0.2, 0) is 44.7 Å². The molecule has 17 heteroatoms. The highest BCUT2D eigenvalue weighted by atomic mass is 32.2. The number of carbonyl (C=O) groups is 2. The Labute approximate surface area is 253 Å². The summed E-state index contributed by atoms with van der Waals surface area (Å²) in [6.07, 6.45) is 0.302. The van der Waals surface area contributed by atoms with Crippen LogP contribution in [0.1, 0.15) is 27.2 Å². The van der Waals surface area contributed by atoms with Crippen LogP contribution < -0.4 is 4.74 Å². The number of carbonyl (C=O) groups excluding carboxylic acids is 2. The Balaban J connectivity index is 1.87. The molecule has 238 valence electrons. The van der Waals surface area contributed by atoms with Crippen molar-refractivity contribution in [3.05, 3.63) is 36.4 Å². The van der Waals surface area contributed by atoms with E-state index in [1.54, 1.807) is 20.8 Å². The second kappa shape index (κ2) is 12.1. The third kappa shape index (κ3) is 6.43.